The van der Waals surface area contributed by atoms with E-state index in [0.717, 1.165) is 4.90 Å². The summed E-state index contributed by atoms with van der Waals surface area (Å²) in [6, 6.07) is 1.62. The third kappa shape index (κ3) is 1.85. The zero-order valence-corrected chi connectivity index (χ0v) is 11.6. The van der Waals surface area contributed by atoms with Gasteiger partial charge in [-0.25, -0.2) is 4.79 Å². The Labute approximate surface area is 119 Å². The number of carboxylic acids is 1. The van der Waals surface area contributed by atoms with E-state index in [1.807, 2.05) is 6.07 Å². The third-order valence-corrected chi connectivity index (χ3v) is 4.80. The maximum atomic E-state index is 12.0. The zero-order chi connectivity index (χ0) is 14.4. The van der Waals surface area contributed by atoms with Crippen molar-refractivity contribution in [3.63, 3.8) is 0 Å². The summed E-state index contributed by atoms with van der Waals surface area (Å²) in [5, 5.41) is 19.0. The molecular formula is C13H14N2O4S. The summed E-state index contributed by atoms with van der Waals surface area (Å²) in [7, 11) is 0. The number of carbonyl (C=O) groups excluding carboxylic acids is 1. The average molecular weight is 294 g/mol. The molecule has 2 aliphatic heterocycles. The Morgan fingerprint density at radius 2 is 2.35 bits per heavy atom. The highest BCUT2D eigenvalue weighted by Gasteiger charge is 2.56. The summed E-state index contributed by atoms with van der Waals surface area (Å²) in [6.07, 6.45) is 3.27. The van der Waals surface area contributed by atoms with Crippen LogP contribution in [0.25, 0.3) is 0 Å². The lowest BCUT2D eigenvalue weighted by molar-refractivity contribution is -0.161. The molecule has 6 nitrogen and oxygen atoms in total. The highest BCUT2D eigenvalue weighted by atomic mass is 32.2. The number of hydrogen-bond acceptors (Lipinski definition) is 4. The van der Waals surface area contributed by atoms with E-state index >= 15 is 0 Å². The largest absolute Gasteiger partial charge is 0.477 e. The van der Waals surface area contributed by atoms with Crippen molar-refractivity contribution in [2.24, 2.45) is 5.92 Å². The van der Waals surface area contributed by atoms with Crippen LogP contribution < -0.4 is 0 Å². The number of thioether (sulfide) groups is 1. The maximum absolute atomic E-state index is 12.0. The Bertz CT molecular complexity index is 594. The molecule has 0 aromatic carbocycles. The summed E-state index contributed by atoms with van der Waals surface area (Å²) >= 11 is 1.35. The number of rotatable bonds is 4. The smallest absolute Gasteiger partial charge is 0.353 e. The van der Waals surface area contributed by atoms with Gasteiger partial charge in [0.1, 0.15) is 5.70 Å². The molecule has 3 heterocycles. The Morgan fingerprint density at radius 1 is 1.60 bits per heavy atom. The minimum atomic E-state index is -1.09. The Balaban J connectivity index is 1.89. The molecule has 3 N–H and O–H groups in total. The fourth-order valence-electron chi connectivity index (χ4n) is 2.84. The minimum Gasteiger partial charge on any atom is -0.477 e. The molecule has 1 aromatic heterocycles. The van der Waals surface area contributed by atoms with Crippen LogP contribution in [-0.2, 0) is 9.59 Å². The molecule has 1 aromatic rings. The fourth-order valence-corrected chi connectivity index (χ4v) is 3.92. The molecule has 20 heavy (non-hydrogen) atoms. The van der Waals surface area contributed by atoms with E-state index in [9.17, 15) is 19.8 Å². The zero-order valence-electron chi connectivity index (χ0n) is 10.7. The van der Waals surface area contributed by atoms with Gasteiger partial charge in [-0.05, 0) is 13.0 Å². The molecule has 0 aliphatic carbocycles. The summed E-state index contributed by atoms with van der Waals surface area (Å²) in [4.78, 5) is 29.2. The van der Waals surface area contributed by atoms with Gasteiger partial charge < -0.3 is 20.1 Å². The first kappa shape index (κ1) is 13.3. The molecule has 0 saturated carbocycles. The lowest BCUT2D eigenvalue weighted by Gasteiger charge is -2.44. The van der Waals surface area contributed by atoms with Crippen LogP contribution in [0.3, 0.4) is 0 Å². The third-order valence-electron chi connectivity index (χ3n) is 3.70. The van der Waals surface area contributed by atoms with Crippen LogP contribution in [0.2, 0.25) is 0 Å². The van der Waals surface area contributed by atoms with Gasteiger partial charge in [-0.1, -0.05) is 11.8 Å². The van der Waals surface area contributed by atoms with E-state index in [2.05, 4.69) is 4.98 Å². The number of aliphatic hydroxyl groups excluding tert-OH is 1. The molecule has 0 bridgehead atoms. The number of aromatic amines is 1. The first-order valence-electron chi connectivity index (χ1n) is 6.29. The van der Waals surface area contributed by atoms with Crippen LogP contribution in [0.4, 0.5) is 0 Å². The van der Waals surface area contributed by atoms with E-state index in [0.29, 0.717) is 11.3 Å². The Morgan fingerprint density at radius 3 is 2.90 bits per heavy atom. The number of nitrogens with zero attached hydrogens (tertiary/aromatic N) is 1. The Kier molecular flexibility index (Phi) is 3.10. The van der Waals surface area contributed by atoms with Crippen molar-refractivity contribution in [3.8, 4) is 0 Å². The number of fused-ring (bicyclic) bond motifs is 1. The highest BCUT2D eigenvalue weighted by molar-refractivity contribution is 8.03. The maximum Gasteiger partial charge on any atom is 0.353 e. The SMILES string of the molecule is CC(O)C1C(=O)N2C(C(=O)O)=C(Sc3cc[nH]c3)CC12. The average Bonchev–Trinajstić information content (AvgIpc) is 2.95. The second-order valence-electron chi connectivity index (χ2n) is 4.97. The Hall–Kier alpha value is -1.73. The molecule has 1 saturated heterocycles. The number of carbonyl (C=O) groups is 2. The molecule has 1 fully saturated rings. The second-order valence-corrected chi connectivity index (χ2v) is 6.14. The van der Waals surface area contributed by atoms with Crippen LogP contribution in [0.15, 0.2) is 34.0 Å². The van der Waals surface area contributed by atoms with Crippen molar-refractivity contribution in [1.29, 1.82) is 0 Å². The standard InChI is InChI=1S/C13H14N2O4S/c1-6(16)10-8-4-9(20-7-2-3-14-5-7)11(13(18)19)15(8)12(10)17/h2-3,5-6,8,10,14,16H,4H2,1H3,(H,18,19). The van der Waals surface area contributed by atoms with E-state index < -0.39 is 18.0 Å². The van der Waals surface area contributed by atoms with Crippen LogP contribution in [0, 0.1) is 5.92 Å². The van der Waals surface area contributed by atoms with Gasteiger partial charge in [-0.2, -0.15) is 0 Å². The summed E-state index contributed by atoms with van der Waals surface area (Å²) < 4.78 is 0. The van der Waals surface area contributed by atoms with E-state index in [-0.39, 0.29) is 17.6 Å². The number of carboxylic acid groups (broad SMARTS) is 1. The van der Waals surface area contributed by atoms with Crippen LogP contribution in [0.5, 0.6) is 0 Å². The van der Waals surface area contributed by atoms with Crippen molar-refractivity contribution >= 4 is 23.6 Å². The molecule has 0 spiro atoms. The van der Waals surface area contributed by atoms with Gasteiger partial charge in [-0.3, -0.25) is 4.79 Å². The van der Waals surface area contributed by atoms with Crippen molar-refractivity contribution < 1.29 is 19.8 Å². The first-order chi connectivity index (χ1) is 9.50. The molecule has 3 unspecified atom stereocenters. The van der Waals surface area contributed by atoms with Gasteiger partial charge >= 0.3 is 5.97 Å². The lowest BCUT2D eigenvalue weighted by atomic mass is 9.83. The normalized spacial score (nSPS) is 26.5. The summed E-state index contributed by atoms with van der Waals surface area (Å²) in [5.74, 6) is -1.89. The van der Waals surface area contributed by atoms with Gasteiger partial charge in [0.05, 0.1) is 18.1 Å². The van der Waals surface area contributed by atoms with Gasteiger partial charge in [0, 0.05) is 28.6 Å². The highest BCUT2D eigenvalue weighted by Crippen LogP contribution is 2.48. The number of amides is 1. The minimum absolute atomic E-state index is 0.0584. The molecule has 2 aliphatic rings. The molecule has 106 valence electrons. The first-order valence-corrected chi connectivity index (χ1v) is 7.10. The fraction of sp³-hybridized carbons (Fsp3) is 0.385. The van der Waals surface area contributed by atoms with Crippen molar-refractivity contribution in [2.75, 3.05) is 0 Å². The molecule has 3 atom stereocenters. The number of nitrogens with one attached hydrogen (secondary N) is 1. The number of β-lactam (4-membered cyclic amide) rings is 1. The van der Waals surface area contributed by atoms with Crippen molar-refractivity contribution in [2.45, 2.75) is 30.4 Å². The van der Waals surface area contributed by atoms with Gasteiger partial charge in [0.15, 0.2) is 0 Å². The van der Waals surface area contributed by atoms with Gasteiger partial charge in [0.2, 0.25) is 5.91 Å². The number of hydrogen-bond donors (Lipinski definition) is 3. The van der Waals surface area contributed by atoms with E-state index in [1.54, 1.807) is 19.3 Å². The molecular weight excluding hydrogens is 280 g/mol. The van der Waals surface area contributed by atoms with Gasteiger partial charge in [-0.15, -0.1) is 0 Å². The van der Waals surface area contributed by atoms with Crippen LogP contribution in [0.1, 0.15) is 13.3 Å². The lowest BCUT2D eigenvalue weighted by Crippen LogP contribution is -2.61. The summed E-state index contributed by atoms with van der Waals surface area (Å²) in [6.45, 7) is 1.57. The monoisotopic (exact) mass is 294 g/mol. The number of aromatic nitrogens is 1. The van der Waals surface area contributed by atoms with Gasteiger partial charge in [0.25, 0.3) is 0 Å². The van der Waals surface area contributed by atoms with Crippen molar-refractivity contribution in [1.82, 2.24) is 9.88 Å². The predicted octanol–water partition coefficient (Wildman–Crippen LogP) is 1.01. The topological polar surface area (TPSA) is 93.6 Å². The van der Waals surface area contributed by atoms with Crippen molar-refractivity contribution in [3.05, 3.63) is 29.1 Å². The predicted molar refractivity (Wildman–Crippen MR) is 71.7 cm³/mol. The van der Waals surface area contributed by atoms with Crippen LogP contribution >= 0.6 is 11.8 Å². The molecule has 7 heteroatoms. The molecule has 1 amide bonds. The quantitative estimate of drug-likeness (QED) is 0.721. The van der Waals surface area contributed by atoms with Crippen LogP contribution in [-0.4, -0.2) is 44.1 Å². The molecule has 3 rings (SSSR count). The number of aliphatic hydroxyl groups is 1. The van der Waals surface area contributed by atoms with E-state index in [1.165, 1.54) is 16.7 Å². The molecule has 0 radical (unpaired) electrons. The van der Waals surface area contributed by atoms with E-state index in [4.69, 9.17) is 0 Å². The summed E-state index contributed by atoms with van der Waals surface area (Å²) in [5.41, 5.74) is 0.0584. The number of H-pyrrole nitrogens is 1. The number of aliphatic carboxylic acids is 1. The second kappa shape index (κ2) is 4.68.